The van der Waals surface area contributed by atoms with Gasteiger partial charge in [-0.05, 0) is 41.2 Å². The van der Waals surface area contributed by atoms with E-state index in [-0.39, 0.29) is 39.4 Å². The summed E-state index contributed by atoms with van der Waals surface area (Å²) in [5.41, 5.74) is 0.161. The van der Waals surface area contributed by atoms with Gasteiger partial charge in [-0.15, -0.1) is 0 Å². The van der Waals surface area contributed by atoms with Crippen LogP contribution in [0.3, 0.4) is 0 Å². The molecular weight excluding hydrogens is 500 g/mol. The van der Waals surface area contributed by atoms with Crippen LogP contribution in [0.15, 0.2) is 58.0 Å². The minimum absolute atomic E-state index is 0.0355. The van der Waals surface area contributed by atoms with Crippen LogP contribution in [-0.4, -0.2) is 72.7 Å². The summed E-state index contributed by atoms with van der Waals surface area (Å²) in [4.78, 5) is 28.2. The summed E-state index contributed by atoms with van der Waals surface area (Å²) in [5, 5.41) is 11.6. The number of aromatic nitrogens is 1. The first-order valence-corrected chi connectivity index (χ1v) is 12.2. The first-order valence-electron chi connectivity index (χ1n) is 9.92. The van der Waals surface area contributed by atoms with Crippen molar-refractivity contribution in [2.45, 2.75) is 4.90 Å². The molecule has 0 unspecified atom stereocenters. The van der Waals surface area contributed by atoms with Gasteiger partial charge in [0.25, 0.3) is 15.7 Å². The highest BCUT2D eigenvalue weighted by Crippen LogP contribution is 2.31. The molecule has 0 spiro atoms. The number of benzene rings is 2. The van der Waals surface area contributed by atoms with Crippen LogP contribution >= 0.6 is 15.9 Å². The maximum atomic E-state index is 13.4. The molecule has 168 valence electrons. The molecule has 2 heterocycles. The first kappa shape index (κ1) is 22.6. The van der Waals surface area contributed by atoms with Crippen LogP contribution < -0.4 is 0 Å². The Kier molecular flexibility index (Phi) is 6.17. The number of rotatable bonds is 6. The average molecular weight is 521 g/mol. The van der Waals surface area contributed by atoms with Crippen LogP contribution in [0, 0.1) is 10.1 Å². The molecule has 1 aliphatic heterocycles. The number of nitro groups is 1. The van der Waals surface area contributed by atoms with E-state index in [0.29, 0.717) is 4.47 Å². The van der Waals surface area contributed by atoms with Crippen LogP contribution in [0.1, 0.15) is 10.4 Å². The van der Waals surface area contributed by atoms with Gasteiger partial charge in [-0.1, -0.05) is 12.1 Å². The first-order chi connectivity index (χ1) is 15.2. The van der Waals surface area contributed by atoms with E-state index >= 15 is 0 Å². The van der Waals surface area contributed by atoms with E-state index in [1.807, 2.05) is 11.9 Å². The van der Waals surface area contributed by atoms with Crippen LogP contribution in [0.2, 0.25) is 0 Å². The number of carbonyl (C=O) groups excluding carboxylic acids is 1. The maximum Gasteiger partial charge on any atom is 0.270 e. The molecule has 1 aromatic heterocycles. The molecule has 0 atom stereocenters. The number of ketones is 1. The Balaban J connectivity index is 1.82. The average Bonchev–Trinajstić information content (AvgIpc) is 3.15. The molecule has 0 radical (unpaired) electrons. The zero-order chi connectivity index (χ0) is 23.0. The Hall–Kier alpha value is -2.60. The Labute approximate surface area is 193 Å². The van der Waals surface area contributed by atoms with Crippen LogP contribution in [0.25, 0.3) is 10.9 Å². The van der Waals surface area contributed by atoms with Gasteiger partial charge in [-0.3, -0.25) is 19.8 Å². The van der Waals surface area contributed by atoms with E-state index in [9.17, 15) is 23.3 Å². The Morgan fingerprint density at radius 1 is 1.12 bits per heavy atom. The van der Waals surface area contributed by atoms with E-state index < -0.39 is 14.9 Å². The summed E-state index contributed by atoms with van der Waals surface area (Å²) >= 11 is 3.27. The third kappa shape index (κ3) is 4.20. The number of hydrogen-bond donors (Lipinski definition) is 0. The molecule has 1 fully saturated rings. The van der Waals surface area contributed by atoms with Gasteiger partial charge >= 0.3 is 0 Å². The normalized spacial score (nSPS) is 15.8. The quantitative estimate of drug-likeness (QED) is 0.279. The summed E-state index contributed by atoms with van der Waals surface area (Å²) in [5.74, 6) is -0.277. The fourth-order valence-electron chi connectivity index (χ4n) is 3.78. The largest absolute Gasteiger partial charge is 0.304 e. The molecule has 9 nitrogen and oxygen atoms in total. The number of non-ortho nitro benzene ring substituents is 1. The van der Waals surface area contributed by atoms with E-state index in [0.717, 1.165) is 30.2 Å². The molecule has 3 aromatic rings. The van der Waals surface area contributed by atoms with E-state index in [1.54, 1.807) is 18.2 Å². The summed E-state index contributed by atoms with van der Waals surface area (Å²) in [6.07, 6.45) is 1.28. The lowest BCUT2D eigenvalue weighted by atomic mass is 10.1. The van der Waals surface area contributed by atoms with Gasteiger partial charge in [0.2, 0.25) is 0 Å². The summed E-state index contributed by atoms with van der Waals surface area (Å²) < 4.78 is 28.3. The molecule has 0 saturated carbocycles. The predicted molar refractivity (Wildman–Crippen MR) is 124 cm³/mol. The lowest BCUT2D eigenvalue weighted by Crippen LogP contribution is -2.46. The number of halogens is 1. The third-order valence-electron chi connectivity index (χ3n) is 5.60. The zero-order valence-corrected chi connectivity index (χ0v) is 19.7. The summed E-state index contributed by atoms with van der Waals surface area (Å²) in [6.45, 7) is 3.21. The molecular formula is C21H21BrN4O5S. The number of Topliss-reactive ketones (excluding diaryl/α,β-unsaturated/α-hetero) is 1. The second kappa shape index (κ2) is 8.74. The molecule has 1 aliphatic rings. The fourth-order valence-corrected chi connectivity index (χ4v) is 6.11. The van der Waals surface area contributed by atoms with Gasteiger partial charge in [-0.25, -0.2) is 12.4 Å². The molecule has 2 aromatic carbocycles. The van der Waals surface area contributed by atoms with Gasteiger partial charge < -0.3 is 4.90 Å². The van der Waals surface area contributed by atoms with Gasteiger partial charge in [0.1, 0.15) is 4.90 Å². The highest BCUT2D eigenvalue weighted by Gasteiger charge is 2.27. The van der Waals surface area contributed by atoms with Gasteiger partial charge in [-0.2, -0.15) is 0 Å². The van der Waals surface area contributed by atoms with Crippen molar-refractivity contribution in [3.8, 4) is 0 Å². The molecule has 0 aliphatic carbocycles. The van der Waals surface area contributed by atoms with Crippen LogP contribution in [-0.2, 0) is 10.0 Å². The van der Waals surface area contributed by atoms with Crippen molar-refractivity contribution >= 4 is 48.3 Å². The highest BCUT2D eigenvalue weighted by molar-refractivity contribution is 9.10. The maximum absolute atomic E-state index is 13.4. The van der Waals surface area contributed by atoms with Crippen molar-refractivity contribution < 1.29 is 18.1 Å². The van der Waals surface area contributed by atoms with E-state index in [2.05, 4.69) is 20.8 Å². The molecule has 1 saturated heterocycles. The molecule has 0 N–H and O–H groups in total. The molecule has 0 amide bonds. The van der Waals surface area contributed by atoms with Crippen LogP contribution in [0.5, 0.6) is 0 Å². The monoisotopic (exact) mass is 520 g/mol. The standard InChI is InChI=1S/C21H21BrN4O5S/c1-23-8-10-24(11-9-23)14-20(27)17-13-25(19-7-6-15(26(28)29)12-16(17)19)32(30,31)21-5-3-2-4-18(21)22/h2-7,12-13H,8-11,14H2,1H3. The number of nitro benzene ring substituents is 1. The number of carbonyl (C=O) groups is 1. The number of likely N-dealkylation sites (N-methyl/N-ethyl adjacent to an activating group) is 1. The molecule has 4 rings (SSSR count). The predicted octanol–water partition coefficient (Wildman–Crippen LogP) is 2.98. The minimum Gasteiger partial charge on any atom is -0.304 e. The Morgan fingerprint density at radius 2 is 1.81 bits per heavy atom. The highest BCUT2D eigenvalue weighted by atomic mass is 79.9. The van der Waals surface area contributed by atoms with Crippen molar-refractivity contribution in [1.82, 2.24) is 13.8 Å². The third-order valence-corrected chi connectivity index (χ3v) is 8.29. The van der Waals surface area contributed by atoms with E-state index in [4.69, 9.17) is 0 Å². The zero-order valence-electron chi connectivity index (χ0n) is 17.3. The SMILES string of the molecule is CN1CCN(CC(=O)c2cn(S(=O)(=O)c3ccccc3Br)c3ccc([N+](=O)[O-])cc23)CC1. The summed E-state index contributed by atoms with van der Waals surface area (Å²) in [7, 11) is -2.04. The van der Waals surface area contributed by atoms with Crippen molar-refractivity contribution in [2.24, 2.45) is 0 Å². The number of hydrogen-bond acceptors (Lipinski definition) is 7. The molecule has 11 heteroatoms. The lowest BCUT2D eigenvalue weighted by Gasteiger charge is -2.31. The number of fused-ring (bicyclic) bond motifs is 1. The molecule has 0 bridgehead atoms. The van der Waals surface area contributed by atoms with Gasteiger partial charge in [0.15, 0.2) is 5.78 Å². The number of piperazine rings is 1. The van der Waals surface area contributed by atoms with Crippen molar-refractivity contribution in [3.63, 3.8) is 0 Å². The second-order valence-corrected chi connectivity index (χ2v) is 10.4. The fraction of sp³-hybridized carbons (Fsp3) is 0.286. The Morgan fingerprint density at radius 3 is 2.47 bits per heavy atom. The summed E-state index contributed by atoms with van der Waals surface area (Å²) in [6, 6.07) is 10.3. The van der Waals surface area contributed by atoms with Crippen LogP contribution in [0.4, 0.5) is 5.69 Å². The van der Waals surface area contributed by atoms with Gasteiger partial charge in [0.05, 0.1) is 17.0 Å². The number of nitrogens with zero attached hydrogens (tertiary/aromatic N) is 4. The molecule has 32 heavy (non-hydrogen) atoms. The smallest absolute Gasteiger partial charge is 0.270 e. The second-order valence-electron chi connectivity index (χ2n) is 7.74. The lowest BCUT2D eigenvalue weighted by molar-refractivity contribution is -0.384. The van der Waals surface area contributed by atoms with Crippen molar-refractivity contribution in [3.05, 3.63) is 68.8 Å². The van der Waals surface area contributed by atoms with Crippen molar-refractivity contribution in [1.29, 1.82) is 0 Å². The van der Waals surface area contributed by atoms with Crippen molar-refractivity contribution in [2.75, 3.05) is 39.8 Å². The van der Waals surface area contributed by atoms with Gasteiger partial charge in [0, 0.05) is 59.9 Å². The minimum atomic E-state index is -4.05. The van der Waals surface area contributed by atoms with E-state index in [1.165, 1.54) is 30.5 Å². The Bertz CT molecular complexity index is 1310. The topological polar surface area (TPSA) is 106 Å².